The fraction of sp³-hybridized carbons (Fsp3) is 0.545. The number of nitrogens with zero attached hydrogens (tertiary/aromatic N) is 3. The quantitative estimate of drug-likeness (QED) is 0.895. The van der Waals surface area contributed by atoms with Crippen molar-refractivity contribution < 1.29 is 4.79 Å². The zero-order chi connectivity index (χ0) is 12.4. The Balaban J connectivity index is 1.91. The summed E-state index contributed by atoms with van der Waals surface area (Å²) in [7, 11) is 0. The summed E-state index contributed by atoms with van der Waals surface area (Å²) in [6, 6.07) is 0. The van der Waals surface area contributed by atoms with E-state index in [2.05, 4.69) is 15.4 Å². The molecular formula is C11H16N4OS. The van der Waals surface area contributed by atoms with Gasteiger partial charge in [-0.25, -0.2) is 9.50 Å². The molecule has 92 valence electrons. The molecule has 1 N–H and O–H groups in total. The third-order valence-electron chi connectivity index (χ3n) is 2.40. The van der Waals surface area contributed by atoms with Crippen molar-refractivity contribution in [1.82, 2.24) is 19.9 Å². The highest BCUT2D eigenvalue weighted by Gasteiger charge is 2.08. The second-order valence-corrected chi connectivity index (χ2v) is 5.44. The van der Waals surface area contributed by atoms with E-state index in [1.807, 2.05) is 27.0 Å². The molecule has 0 atom stereocenters. The maximum Gasteiger partial charge on any atom is 0.222 e. The van der Waals surface area contributed by atoms with Gasteiger partial charge in [0.25, 0.3) is 0 Å². The summed E-state index contributed by atoms with van der Waals surface area (Å²) in [5.41, 5.74) is 0.966. The number of carbonyl (C=O) groups excluding carboxylic acids is 1. The Labute approximate surface area is 104 Å². The maximum atomic E-state index is 11.4. The molecule has 0 aromatic carbocycles. The summed E-state index contributed by atoms with van der Waals surface area (Å²) in [4.78, 5) is 16.7. The van der Waals surface area contributed by atoms with Crippen LogP contribution in [0.2, 0.25) is 0 Å². The van der Waals surface area contributed by atoms with Crippen LogP contribution in [0.25, 0.3) is 4.96 Å². The minimum absolute atomic E-state index is 0.0322. The van der Waals surface area contributed by atoms with E-state index in [1.165, 1.54) is 0 Å². The molecule has 0 saturated heterocycles. The number of fused-ring (bicyclic) bond motifs is 1. The number of nitrogens with one attached hydrogen (secondary N) is 1. The van der Waals surface area contributed by atoms with E-state index in [0.29, 0.717) is 6.54 Å². The van der Waals surface area contributed by atoms with E-state index >= 15 is 0 Å². The Morgan fingerprint density at radius 3 is 3.00 bits per heavy atom. The molecule has 0 unspecified atom stereocenters. The fourth-order valence-corrected chi connectivity index (χ4v) is 2.23. The van der Waals surface area contributed by atoms with Crippen LogP contribution in [0.4, 0.5) is 0 Å². The number of imidazole rings is 1. The topological polar surface area (TPSA) is 59.3 Å². The van der Waals surface area contributed by atoms with Crippen molar-refractivity contribution in [2.75, 3.05) is 6.54 Å². The van der Waals surface area contributed by atoms with Gasteiger partial charge >= 0.3 is 0 Å². The van der Waals surface area contributed by atoms with Crippen LogP contribution in [-0.4, -0.2) is 27.0 Å². The molecule has 17 heavy (non-hydrogen) atoms. The van der Waals surface area contributed by atoms with Gasteiger partial charge in [0.1, 0.15) is 5.01 Å². The maximum absolute atomic E-state index is 11.4. The SMILES string of the molecule is Cc1nn2cc(CCNC(=O)C(C)C)nc2s1. The zero-order valence-electron chi connectivity index (χ0n) is 10.2. The molecule has 0 aliphatic heterocycles. The van der Waals surface area contributed by atoms with Crippen LogP contribution >= 0.6 is 11.3 Å². The lowest BCUT2D eigenvalue weighted by Crippen LogP contribution is -2.29. The first-order chi connectivity index (χ1) is 8.06. The molecule has 2 rings (SSSR count). The van der Waals surface area contributed by atoms with E-state index in [9.17, 15) is 4.79 Å². The predicted octanol–water partition coefficient (Wildman–Crippen LogP) is 1.41. The molecule has 0 aliphatic carbocycles. The first-order valence-corrected chi connectivity index (χ1v) is 6.47. The number of aryl methyl sites for hydroxylation is 1. The summed E-state index contributed by atoms with van der Waals surface area (Å²) in [5.74, 6) is 0.116. The van der Waals surface area contributed by atoms with E-state index < -0.39 is 0 Å². The number of amides is 1. The highest BCUT2D eigenvalue weighted by atomic mass is 32.1. The molecule has 1 amide bonds. The van der Waals surface area contributed by atoms with Crippen LogP contribution in [0, 0.1) is 12.8 Å². The summed E-state index contributed by atoms with van der Waals surface area (Å²) in [6.07, 6.45) is 2.66. The lowest BCUT2D eigenvalue weighted by atomic mass is 10.2. The van der Waals surface area contributed by atoms with Crippen LogP contribution in [0.5, 0.6) is 0 Å². The minimum atomic E-state index is 0.0322. The number of rotatable bonds is 4. The average molecular weight is 252 g/mol. The first kappa shape index (κ1) is 12.0. The van der Waals surface area contributed by atoms with Gasteiger partial charge in [-0.05, 0) is 6.92 Å². The Bertz CT molecular complexity index is 497. The molecule has 6 heteroatoms. The highest BCUT2D eigenvalue weighted by molar-refractivity contribution is 7.16. The van der Waals surface area contributed by atoms with Crippen molar-refractivity contribution in [3.63, 3.8) is 0 Å². The third-order valence-corrected chi connectivity index (χ3v) is 3.24. The van der Waals surface area contributed by atoms with E-state index in [-0.39, 0.29) is 11.8 Å². The predicted molar refractivity (Wildman–Crippen MR) is 67.2 cm³/mol. The van der Waals surface area contributed by atoms with Crippen molar-refractivity contribution in [3.05, 3.63) is 16.9 Å². The van der Waals surface area contributed by atoms with Crippen LogP contribution in [0.3, 0.4) is 0 Å². The minimum Gasteiger partial charge on any atom is -0.355 e. The van der Waals surface area contributed by atoms with Gasteiger partial charge < -0.3 is 5.32 Å². The average Bonchev–Trinajstić information content (AvgIpc) is 2.74. The summed E-state index contributed by atoms with van der Waals surface area (Å²) in [5, 5.41) is 8.17. The van der Waals surface area contributed by atoms with Crippen LogP contribution < -0.4 is 5.32 Å². The normalized spacial score (nSPS) is 11.3. The number of aromatic nitrogens is 3. The van der Waals surface area contributed by atoms with Gasteiger partial charge in [0.15, 0.2) is 0 Å². The number of hydrogen-bond acceptors (Lipinski definition) is 4. The molecule has 2 heterocycles. The largest absolute Gasteiger partial charge is 0.355 e. The lowest BCUT2D eigenvalue weighted by molar-refractivity contribution is -0.123. The van der Waals surface area contributed by atoms with E-state index in [4.69, 9.17) is 0 Å². The fourth-order valence-electron chi connectivity index (χ4n) is 1.48. The van der Waals surface area contributed by atoms with Crippen LogP contribution in [0.15, 0.2) is 6.20 Å². The molecule has 0 spiro atoms. The Hall–Kier alpha value is -1.43. The van der Waals surface area contributed by atoms with Gasteiger partial charge in [0.05, 0.1) is 11.9 Å². The smallest absolute Gasteiger partial charge is 0.222 e. The monoisotopic (exact) mass is 252 g/mol. The lowest BCUT2D eigenvalue weighted by Gasteiger charge is -2.05. The zero-order valence-corrected chi connectivity index (χ0v) is 11.0. The van der Waals surface area contributed by atoms with Crippen molar-refractivity contribution in [1.29, 1.82) is 0 Å². The van der Waals surface area contributed by atoms with Crippen molar-refractivity contribution in [2.24, 2.45) is 5.92 Å². The Kier molecular flexibility index (Phi) is 3.42. The van der Waals surface area contributed by atoms with Crippen molar-refractivity contribution in [2.45, 2.75) is 27.2 Å². The molecule has 2 aromatic rings. The molecule has 0 bridgehead atoms. The molecule has 0 radical (unpaired) electrons. The number of hydrogen-bond donors (Lipinski definition) is 1. The Morgan fingerprint density at radius 2 is 2.35 bits per heavy atom. The van der Waals surface area contributed by atoms with Gasteiger partial charge in [-0.1, -0.05) is 25.2 Å². The number of carbonyl (C=O) groups is 1. The summed E-state index contributed by atoms with van der Waals surface area (Å²) >= 11 is 1.57. The highest BCUT2D eigenvalue weighted by Crippen LogP contribution is 2.13. The summed E-state index contributed by atoms with van der Waals surface area (Å²) in [6.45, 7) is 6.35. The van der Waals surface area contributed by atoms with Crippen molar-refractivity contribution in [3.8, 4) is 0 Å². The van der Waals surface area contributed by atoms with Crippen molar-refractivity contribution >= 4 is 22.2 Å². The second kappa shape index (κ2) is 4.83. The van der Waals surface area contributed by atoms with Crippen LogP contribution in [-0.2, 0) is 11.2 Å². The van der Waals surface area contributed by atoms with Gasteiger partial charge in [-0.3, -0.25) is 4.79 Å². The van der Waals surface area contributed by atoms with Gasteiger partial charge in [-0.15, -0.1) is 0 Å². The molecule has 2 aromatic heterocycles. The van der Waals surface area contributed by atoms with Crippen LogP contribution in [0.1, 0.15) is 24.5 Å². The summed E-state index contributed by atoms with van der Waals surface area (Å²) < 4.78 is 1.79. The first-order valence-electron chi connectivity index (χ1n) is 5.65. The standard InChI is InChI=1S/C11H16N4OS/c1-7(2)10(16)12-5-4-9-6-15-11(13-9)17-8(3)14-15/h6-7H,4-5H2,1-3H3,(H,12,16). The molecular weight excluding hydrogens is 236 g/mol. The molecule has 5 nitrogen and oxygen atoms in total. The van der Waals surface area contributed by atoms with Gasteiger partial charge in [0.2, 0.25) is 10.9 Å². The molecule has 0 aliphatic rings. The second-order valence-electron chi connectivity index (χ2n) is 4.28. The van der Waals surface area contributed by atoms with Gasteiger partial charge in [0, 0.05) is 18.9 Å². The molecule has 0 saturated carbocycles. The Morgan fingerprint density at radius 1 is 1.59 bits per heavy atom. The molecule has 0 fully saturated rings. The van der Waals surface area contributed by atoms with E-state index in [1.54, 1.807) is 15.9 Å². The van der Waals surface area contributed by atoms with E-state index in [0.717, 1.165) is 22.1 Å². The van der Waals surface area contributed by atoms with Gasteiger partial charge in [-0.2, -0.15) is 5.10 Å². The third kappa shape index (κ3) is 2.82.